The molecule has 0 saturated heterocycles. The van der Waals surface area contributed by atoms with Crippen LogP contribution in [-0.4, -0.2) is 24.7 Å². The Morgan fingerprint density at radius 2 is 2.00 bits per heavy atom. The maximum absolute atomic E-state index is 11.7. The lowest BCUT2D eigenvalue weighted by Gasteiger charge is -2.09. The average Bonchev–Trinajstić information content (AvgIpc) is 2.69. The Balaban J connectivity index is 2.38. The van der Waals surface area contributed by atoms with E-state index in [-0.39, 0.29) is 17.6 Å². The third-order valence-corrected chi connectivity index (χ3v) is 3.67. The maximum Gasteiger partial charge on any atom is 0.344 e. The van der Waals surface area contributed by atoms with Crippen LogP contribution < -0.4 is 5.69 Å². The predicted molar refractivity (Wildman–Crippen MR) is 78.5 cm³/mol. The smallest absolute Gasteiger partial charge is 0.267 e. The number of hydrogen-bond donors (Lipinski definition) is 1. The van der Waals surface area contributed by atoms with Crippen LogP contribution in [-0.2, 0) is 0 Å². The summed E-state index contributed by atoms with van der Waals surface area (Å²) in [4.78, 5) is 20.3. The summed E-state index contributed by atoms with van der Waals surface area (Å²) >= 11 is 7.30. The minimum atomic E-state index is -0.230. The molecule has 0 radical (unpaired) electrons. The molecule has 2 rings (SSSR count). The first kappa shape index (κ1) is 15.1. The largest absolute Gasteiger partial charge is 0.344 e. The van der Waals surface area contributed by atoms with Crippen molar-refractivity contribution in [2.75, 3.05) is 0 Å². The number of halogens is 1. The summed E-state index contributed by atoms with van der Waals surface area (Å²) in [7, 11) is 0. The Morgan fingerprint density at radius 3 is 2.60 bits per heavy atom. The molecule has 1 N–H and O–H groups in total. The Labute approximate surface area is 126 Å². The zero-order chi connectivity index (χ0) is 14.9. The number of rotatable bonds is 4. The number of hydrogen-bond acceptors (Lipinski definition) is 5. The van der Waals surface area contributed by atoms with Crippen LogP contribution >= 0.6 is 23.4 Å². The zero-order valence-corrected chi connectivity index (χ0v) is 13.3. The summed E-state index contributed by atoms with van der Waals surface area (Å²) in [5, 5.41) is 8.10. The standard InChI is InChI=1S/C12H16ClN5OS/c1-6(2)10-14-8(13)5-9(15-10)20-12-17-16-11(19)18(12)7(3)4/h5-7H,1-4H3,(H,16,19). The molecule has 0 aliphatic rings. The number of H-pyrrole nitrogens is 1. The number of nitrogens with zero attached hydrogens (tertiary/aromatic N) is 4. The van der Waals surface area contributed by atoms with Crippen molar-refractivity contribution in [2.24, 2.45) is 0 Å². The van der Waals surface area contributed by atoms with Gasteiger partial charge in [-0.1, -0.05) is 25.4 Å². The van der Waals surface area contributed by atoms with Crippen molar-refractivity contribution in [3.8, 4) is 0 Å². The molecule has 0 spiro atoms. The van der Waals surface area contributed by atoms with Gasteiger partial charge in [0.25, 0.3) is 0 Å². The predicted octanol–water partition coefficient (Wildman–Crippen LogP) is 2.87. The molecule has 108 valence electrons. The summed E-state index contributed by atoms with van der Waals surface area (Å²) in [6.07, 6.45) is 0. The Morgan fingerprint density at radius 1 is 1.30 bits per heavy atom. The molecule has 20 heavy (non-hydrogen) atoms. The van der Waals surface area contributed by atoms with Crippen molar-refractivity contribution in [2.45, 2.75) is 49.8 Å². The summed E-state index contributed by atoms with van der Waals surface area (Å²) in [6.45, 7) is 7.85. The first-order chi connectivity index (χ1) is 9.38. The van der Waals surface area contributed by atoms with E-state index in [1.165, 1.54) is 11.8 Å². The van der Waals surface area contributed by atoms with Crippen LogP contribution in [0.2, 0.25) is 5.15 Å². The topological polar surface area (TPSA) is 76.5 Å². The molecule has 0 aliphatic carbocycles. The zero-order valence-electron chi connectivity index (χ0n) is 11.7. The van der Waals surface area contributed by atoms with E-state index < -0.39 is 0 Å². The number of aromatic amines is 1. The van der Waals surface area contributed by atoms with Gasteiger partial charge in [0.1, 0.15) is 16.0 Å². The molecule has 0 amide bonds. The van der Waals surface area contributed by atoms with E-state index in [9.17, 15) is 4.79 Å². The van der Waals surface area contributed by atoms with Gasteiger partial charge in [0, 0.05) is 18.0 Å². The van der Waals surface area contributed by atoms with Gasteiger partial charge in [0.2, 0.25) is 0 Å². The van der Waals surface area contributed by atoms with E-state index in [0.29, 0.717) is 21.2 Å². The Hall–Kier alpha value is -1.34. The highest BCUT2D eigenvalue weighted by atomic mass is 35.5. The highest BCUT2D eigenvalue weighted by Gasteiger charge is 2.15. The van der Waals surface area contributed by atoms with E-state index in [1.54, 1.807) is 10.6 Å². The first-order valence-electron chi connectivity index (χ1n) is 6.27. The average molecular weight is 314 g/mol. The van der Waals surface area contributed by atoms with Gasteiger partial charge in [-0.3, -0.25) is 4.57 Å². The third-order valence-electron chi connectivity index (χ3n) is 2.59. The van der Waals surface area contributed by atoms with E-state index in [2.05, 4.69) is 20.2 Å². The molecule has 2 aromatic rings. The molecule has 6 nitrogen and oxygen atoms in total. The Bertz CT molecular complexity index is 664. The Kier molecular flexibility index (Phi) is 4.49. The molecule has 8 heteroatoms. The lowest BCUT2D eigenvalue weighted by atomic mass is 10.2. The highest BCUT2D eigenvalue weighted by Crippen LogP contribution is 2.27. The van der Waals surface area contributed by atoms with E-state index in [4.69, 9.17) is 11.6 Å². The molecule has 2 aromatic heterocycles. The summed E-state index contributed by atoms with van der Waals surface area (Å²) in [5.74, 6) is 0.855. The second-order valence-corrected chi connectivity index (χ2v) is 6.29. The van der Waals surface area contributed by atoms with Gasteiger partial charge in [0.15, 0.2) is 5.16 Å². The second kappa shape index (κ2) is 5.97. The van der Waals surface area contributed by atoms with Gasteiger partial charge < -0.3 is 0 Å². The summed E-state index contributed by atoms with van der Waals surface area (Å²) < 4.78 is 1.58. The van der Waals surface area contributed by atoms with Gasteiger partial charge >= 0.3 is 5.69 Å². The fourth-order valence-electron chi connectivity index (χ4n) is 1.64. The van der Waals surface area contributed by atoms with Gasteiger partial charge in [0.05, 0.1) is 0 Å². The van der Waals surface area contributed by atoms with E-state index >= 15 is 0 Å². The molecule has 0 aliphatic heterocycles. The quantitative estimate of drug-likeness (QED) is 0.878. The van der Waals surface area contributed by atoms with E-state index in [1.807, 2.05) is 27.7 Å². The summed E-state index contributed by atoms with van der Waals surface area (Å²) in [5.41, 5.74) is -0.230. The lowest BCUT2D eigenvalue weighted by molar-refractivity contribution is 0.533. The number of nitrogens with one attached hydrogen (secondary N) is 1. The van der Waals surface area contributed by atoms with Crippen LogP contribution in [0.5, 0.6) is 0 Å². The minimum absolute atomic E-state index is 0.0191. The van der Waals surface area contributed by atoms with Crippen LogP contribution in [0, 0.1) is 0 Å². The van der Waals surface area contributed by atoms with Crippen molar-refractivity contribution >= 4 is 23.4 Å². The van der Waals surface area contributed by atoms with Crippen LogP contribution in [0.25, 0.3) is 0 Å². The molecule has 0 bridgehead atoms. The number of aromatic nitrogens is 5. The lowest BCUT2D eigenvalue weighted by Crippen LogP contribution is -2.19. The molecule has 0 unspecified atom stereocenters. The van der Waals surface area contributed by atoms with Crippen molar-refractivity contribution in [1.29, 1.82) is 0 Å². The molecule has 0 fully saturated rings. The molecular weight excluding hydrogens is 298 g/mol. The fraction of sp³-hybridized carbons (Fsp3) is 0.500. The highest BCUT2D eigenvalue weighted by molar-refractivity contribution is 7.99. The molecule has 2 heterocycles. The minimum Gasteiger partial charge on any atom is -0.267 e. The van der Waals surface area contributed by atoms with Gasteiger partial charge in [-0.25, -0.2) is 19.9 Å². The van der Waals surface area contributed by atoms with Crippen molar-refractivity contribution in [3.63, 3.8) is 0 Å². The molecular formula is C12H16ClN5OS. The van der Waals surface area contributed by atoms with Gasteiger partial charge in [-0.15, -0.1) is 5.10 Å². The summed E-state index contributed by atoms with van der Waals surface area (Å²) in [6, 6.07) is 1.69. The molecule has 0 saturated carbocycles. The first-order valence-corrected chi connectivity index (χ1v) is 7.47. The van der Waals surface area contributed by atoms with Gasteiger partial charge in [-0.05, 0) is 25.6 Å². The van der Waals surface area contributed by atoms with Crippen LogP contribution in [0.1, 0.15) is 45.5 Å². The normalized spacial score (nSPS) is 11.6. The van der Waals surface area contributed by atoms with Crippen molar-refractivity contribution < 1.29 is 0 Å². The third kappa shape index (κ3) is 3.21. The SMILES string of the molecule is CC(C)c1nc(Cl)cc(Sc2n[nH]c(=O)n2C(C)C)n1. The maximum atomic E-state index is 11.7. The van der Waals surface area contributed by atoms with Gasteiger partial charge in [-0.2, -0.15) is 0 Å². The monoisotopic (exact) mass is 313 g/mol. The second-order valence-electron chi connectivity index (χ2n) is 4.92. The fourth-order valence-corrected chi connectivity index (χ4v) is 2.87. The van der Waals surface area contributed by atoms with Crippen LogP contribution in [0.3, 0.4) is 0 Å². The van der Waals surface area contributed by atoms with Crippen molar-refractivity contribution in [1.82, 2.24) is 24.7 Å². The van der Waals surface area contributed by atoms with Crippen LogP contribution in [0.15, 0.2) is 21.0 Å². The molecule has 0 aromatic carbocycles. The van der Waals surface area contributed by atoms with E-state index in [0.717, 1.165) is 0 Å². The van der Waals surface area contributed by atoms with Crippen molar-refractivity contribution in [3.05, 3.63) is 27.5 Å². The molecule has 0 atom stereocenters. The van der Waals surface area contributed by atoms with Crippen LogP contribution in [0.4, 0.5) is 0 Å².